The Labute approximate surface area is 196 Å². The van der Waals surface area contributed by atoms with Gasteiger partial charge >= 0.3 is 0 Å². The maximum absolute atomic E-state index is 9.96. The molecule has 3 N–H and O–H groups in total. The maximum Gasteiger partial charge on any atom is 0.180 e. The van der Waals surface area contributed by atoms with Gasteiger partial charge in [-0.05, 0) is 31.5 Å². The van der Waals surface area contributed by atoms with Crippen molar-refractivity contribution in [2.45, 2.75) is 19.4 Å². The first-order chi connectivity index (χ1) is 16.7. The second-order valence-corrected chi connectivity index (χ2v) is 8.43. The van der Waals surface area contributed by atoms with Crippen LogP contribution in [0.3, 0.4) is 0 Å². The van der Waals surface area contributed by atoms with Gasteiger partial charge < -0.3 is 24.5 Å². The van der Waals surface area contributed by atoms with Gasteiger partial charge in [0.05, 0.1) is 35.8 Å². The van der Waals surface area contributed by atoms with Gasteiger partial charge in [-0.2, -0.15) is 5.10 Å². The first-order valence-electron chi connectivity index (χ1n) is 11.4. The van der Waals surface area contributed by atoms with Crippen LogP contribution in [-0.2, 0) is 0 Å². The molecule has 0 bridgehead atoms. The molecule has 34 heavy (non-hydrogen) atoms. The zero-order valence-electron chi connectivity index (χ0n) is 18.8. The number of benzene rings is 2. The van der Waals surface area contributed by atoms with Crippen LogP contribution in [0.5, 0.6) is 5.75 Å². The topological polar surface area (TPSA) is 104 Å². The monoisotopic (exact) mass is 455 g/mol. The molecular formula is C25H25N7O2. The number of nitrogens with zero attached hydrogens (tertiary/aromatic N) is 5. The molecule has 1 aliphatic heterocycles. The van der Waals surface area contributed by atoms with E-state index < -0.39 is 0 Å². The standard InChI is InChI=1S/C25H25N7O2/c1-2-34-23-12-18(5-6-22(23)31-9-7-19(33)14-31)28-24-25-26-8-10-32(25)15-21(29-24)16-3-4-17-13-27-30-20(17)11-16/h3-6,8,10-13,15,19,33H,2,7,9,14H2,1H3,(H,27,30)(H,28,29)/t19-/m1/s1. The molecule has 5 aromatic rings. The number of hydrogen-bond donors (Lipinski definition) is 3. The Morgan fingerprint density at radius 2 is 2.18 bits per heavy atom. The van der Waals surface area contributed by atoms with Crippen LogP contribution in [0.4, 0.5) is 17.2 Å². The summed E-state index contributed by atoms with van der Waals surface area (Å²) < 4.78 is 7.91. The normalized spacial score (nSPS) is 15.9. The number of aromatic nitrogens is 5. The van der Waals surface area contributed by atoms with Gasteiger partial charge in [-0.15, -0.1) is 0 Å². The fraction of sp³-hybridized carbons (Fsp3) is 0.240. The number of anilines is 3. The van der Waals surface area contributed by atoms with Crippen molar-refractivity contribution in [2.75, 3.05) is 29.9 Å². The van der Waals surface area contributed by atoms with Crippen molar-refractivity contribution in [3.8, 4) is 17.0 Å². The minimum atomic E-state index is -0.297. The van der Waals surface area contributed by atoms with E-state index in [0.717, 1.165) is 57.9 Å². The molecule has 6 rings (SSSR count). The highest BCUT2D eigenvalue weighted by Crippen LogP contribution is 2.35. The Morgan fingerprint density at radius 1 is 1.24 bits per heavy atom. The van der Waals surface area contributed by atoms with Crippen molar-refractivity contribution >= 4 is 33.7 Å². The summed E-state index contributed by atoms with van der Waals surface area (Å²) in [6.45, 7) is 3.96. The number of imidazole rings is 1. The third-order valence-electron chi connectivity index (χ3n) is 6.14. The average Bonchev–Trinajstić information content (AvgIpc) is 3.59. The Kier molecular flexibility index (Phi) is 5.03. The summed E-state index contributed by atoms with van der Waals surface area (Å²) in [5.41, 5.74) is 5.33. The van der Waals surface area contributed by atoms with Crippen LogP contribution < -0.4 is 15.0 Å². The molecule has 2 aromatic carbocycles. The number of ether oxygens (including phenoxy) is 1. The van der Waals surface area contributed by atoms with E-state index in [2.05, 4.69) is 25.4 Å². The number of H-pyrrole nitrogens is 1. The van der Waals surface area contributed by atoms with Gasteiger partial charge in [-0.25, -0.2) is 9.97 Å². The lowest BCUT2D eigenvalue weighted by Gasteiger charge is -2.22. The summed E-state index contributed by atoms with van der Waals surface area (Å²) >= 11 is 0. The quantitative estimate of drug-likeness (QED) is 0.356. The molecule has 1 saturated heterocycles. The highest BCUT2D eigenvalue weighted by atomic mass is 16.5. The average molecular weight is 456 g/mol. The number of β-amino-alcohol motifs (C(OH)–C–C–N with tert-alkyl or cyclic N) is 1. The molecule has 9 nitrogen and oxygen atoms in total. The Bertz CT molecular complexity index is 1470. The fourth-order valence-electron chi connectivity index (χ4n) is 4.47. The van der Waals surface area contributed by atoms with E-state index in [4.69, 9.17) is 9.72 Å². The van der Waals surface area contributed by atoms with E-state index in [1.54, 1.807) is 12.4 Å². The molecule has 1 fully saturated rings. The summed E-state index contributed by atoms with van der Waals surface area (Å²) in [5.74, 6) is 1.43. The smallest absolute Gasteiger partial charge is 0.180 e. The maximum atomic E-state index is 9.96. The zero-order valence-corrected chi connectivity index (χ0v) is 18.8. The lowest BCUT2D eigenvalue weighted by Crippen LogP contribution is -2.21. The number of rotatable bonds is 6. The van der Waals surface area contributed by atoms with Crippen LogP contribution in [0.2, 0.25) is 0 Å². The van der Waals surface area contributed by atoms with Crippen molar-refractivity contribution in [1.82, 2.24) is 24.6 Å². The molecule has 0 aliphatic carbocycles. The predicted octanol–water partition coefficient (Wildman–Crippen LogP) is 3.99. The van der Waals surface area contributed by atoms with Crippen molar-refractivity contribution in [3.63, 3.8) is 0 Å². The molecule has 4 heterocycles. The molecule has 0 unspecified atom stereocenters. The summed E-state index contributed by atoms with van der Waals surface area (Å²) in [5, 5.41) is 21.6. The van der Waals surface area contributed by atoms with Gasteiger partial charge in [-0.1, -0.05) is 12.1 Å². The number of aromatic amines is 1. The van der Waals surface area contributed by atoms with Crippen molar-refractivity contribution in [1.29, 1.82) is 0 Å². The van der Waals surface area contributed by atoms with Crippen LogP contribution in [-0.4, -0.2) is 55.5 Å². The summed E-state index contributed by atoms with van der Waals surface area (Å²) in [4.78, 5) is 11.6. The van der Waals surface area contributed by atoms with Crippen LogP contribution in [0.15, 0.2) is 61.2 Å². The lowest BCUT2D eigenvalue weighted by molar-refractivity contribution is 0.198. The lowest BCUT2D eigenvalue weighted by atomic mass is 10.1. The first kappa shape index (κ1) is 20.5. The molecule has 172 valence electrons. The Morgan fingerprint density at radius 3 is 3.03 bits per heavy atom. The molecule has 0 saturated carbocycles. The van der Waals surface area contributed by atoms with E-state index in [0.29, 0.717) is 19.0 Å². The highest BCUT2D eigenvalue weighted by Gasteiger charge is 2.23. The van der Waals surface area contributed by atoms with E-state index in [9.17, 15) is 5.11 Å². The molecule has 0 radical (unpaired) electrons. The van der Waals surface area contributed by atoms with Crippen LogP contribution in [0, 0.1) is 0 Å². The molecule has 0 spiro atoms. The van der Waals surface area contributed by atoms with Gasteiger partial charge in [0.1, 0.15) is 5.75 Å². The van der Waals surface area contributed by atoms with E-state index in [-0.39, 0.29) is 6.10 Å². The Hall–Kier alpha value is -4.11. The number of hydrogen-bond acceptors (Lipinski definition) is 7. The van der Waals surface area contributed by atoms with Gasteiger partial charge in [0.2, 0.25) is 0 Å². The minimum absolute atomic E-state index is 0.297. The minimum Gasteiger partial charge on any atom is -0.492 e. The zero-order chi connectivity index (χ0) is 23.1. The van der Waals surface area contributed by atoms with Crippen molar-refractivity contribution in [2.24, 2.45) is 0 Å². The van der Waals surface area contributed by atoms with E-state index >= 15 is 0 Å². The SMILES string of the molecule is CCOc1cc(Nc2nc(-c3ccc4cn[nH]c4c3)cn3ccnc23)ccc1N1CC[C@@H](O)C1. The van der Waals surface area contributed by atoms with Gasteiger partial charge in [-0.3, -0.25) is 5.10 Å². The Balaban J connectivity index is 1.37. The van der Waals surface area contributed by atoms with E-state index in [1.165, 1.54) is 0 Å². The number of nitrogens with one attached hydrogen (secondary N) is 2. The highest BCUT2D eigenvalue weighted by molar-refractivity contribution is 5.84. The second-order valence-electron chi connectivity index (χ2n) is 8.43. The van der Waals surface area contributed by atoms with Crippen LogP contribution >= 0.6 is 0 Å². The number of aliphatic hydroxyl groups excluding tert-OH is 1. The summed E-state index contributed by atoms with van der Waals surface area (Å²) in [6.07, 6.45) is 7.92. The molecule has 3 aromatic heterocycles. The van der Waals surface area contributed by atoms with Gasteiger partial charge in [0.25, 0.3) is 0 Å². The molecular weight excluding hydrogens is 430 g/mol. The van der Waals surface area contributed by atoms with Crippen LogP contribution in [0.25, 0.3) is 27.8 Å². The molecule has 1 aliphatic rings. The summed E-state index contributed by atoms with van der Waals surface area (Å²) in [7, 11) is 0. The first-order valence-corrected chi connectivity index (χ1v) is 11.4. The number of fused-ring (bicyclic) bond motifs is 2. The fourth-order valence-corrected chi connectivity index (χ4v) is 4.47. The summed E-state index contributed by atoms with van der Waals surface area (Å²) in [6, 6.07) is 12.1. The van der Waals surface area contributed by atoms with Gasteiger partial charge in [0, 0.05) is 54.4 Å². The molecule has 1 atom stereocenters. The van der Waals surface area contributed by atoms with Gasteiger partial charge in [0.15, 0.2) is 11.5 Å². The van der Waals surface area contributed by atoms with Crippen molar-refractivity contribution in [3.05, 3.63) is 61.2 Å². The van der Waals surface area contributed by atoms with E-state index in [1.807, 2.05) is 60.1 Å². The molecule has 0 amide bonds. The van der Waals surface area contributed by atoms with Crippen LogP contribution in [0.1, 0.15) is 13.3 Å². The largest absolute Gasteiger partial charge is 0.492 e. The van der Waals surface area contributed by atoms with Crippen molar-refractivity contribution < 1.29 is 9.84 Å². The third-order valence-corrected chi connectivity index (χ3v) is 6.14. The third kappa shape index (κ3) is 3.69. The molecule has 9 heteroatoms. The predicted molar refractivity (Wildman–Crippen MR) is 132 cm³/mol. The number of aliphatic hydroxyl groups is 1. The second kappa shape index (κ2) is 8.35.